The largest absolute Gasteiger partial charge is 0.503 e. The van der Waals surface area contributed by atoms with Gasteiger partial charge in [0.15, 0.2) is 17.7 Å². The van der Waals surface area contributed by atoms with Gasteiger partial charge in [-0.1, -0.05) is 0 Å². The number of hydrogen-bond donors (Lipinski definition) is 2. The number of aromatic nitrogens is 2. The number of carbonyl (C=O) groups excluding carboxylic acids is 2. The third-order valence-corrected chi connectivity index (χ3v) is 5.29. The summed E-state index contributed by atoms with van der Waals surface area (Å²) < 4.78 is 34.3. The number of halogens is 2. The molecule has 4 rings (SSSR count). The van der Waals surface area contributed by atoms with Gasteiger partial charge in [-0.3, -0.25) is 14.4 Å². The van der Waals surface area contributed by atoms with Crippen LogP contribution < -0.4 is 10.7 Å². The van der Waals surface area contributed by atoms with Gasteiger partial charge < -0.3 is 24.6 Å². The van der Waals surface area contributed by atoms with Crippen LogP contribution in [0.3, 0.4) is 0 Å². The van der Waals surface area contributed by atoms with Crippen LogP contribution in [-0.4, -0.2) is 50.2 Å². The van der Waals surface area contributed by atoms with Crippen molar-refractivity contribution in [2.45, 2.75) is 38.7 Å². The number of hydrogen-bond acceptors (Lipinski definition) is 6. The topological polar surface area (TPSA) is 114 Å². The maximum Gasteiger partial charge on any atom is 0.276 e. The summed E-state index contributed by atoms with van der Waals surface area (Å²) in [6, 6.07) is 0.805. The molecule has 0 radical (unpaired) electrons. The lowest BCUT2D eigenvalue weighted by Crippen LogP contribution is -2.57. The Labute approximate surface area is 168 Å². The first-order valence-electron chi connectivity index (χ1n) is 9.27. The zero-order valence-corrected chi connectivity index (χ0v) is 15.9. The normalized spacial score (nSPS) is 20.5. The van der Waals surface area contributed by atoms with Gasteiger partial charge in [-0.05, 0) is 19.4 Å². The zero-order valence-electron chi connectivity index (χ0n) is 15.9. The van der Waals surface area contributed by atoms with Crippen molar-refractivity contribution in [1.29, 1.82) is 0 Å². The van der Waals surface area contributed by atoms with Crippen molar-refractivity contribution in [3.05, 3.63) is 57.3 Å². The van der Waals surface area contributed by atoms with Crippen LogP contribution in [0.25, 0.3) is 0 Å². The number of nitrogens with zero attached hydrogens (tertiary/aromatic N) is 3. The molecule has 4 heterocycles. The van der Waals surface area contributed by atoms with E-state index in [1.165, 1.54) is 9.47 Å². The molecule has 2 aromatic heterocycles. The quantitative estimate of drug-likeness (QED) is 0.709. The molecule has 9 nitrogen and oxygen atoms in total. The van der Waals surface area contributed by atoms with Crippen molar-refractivity contribution < 1.29 is 28.2 Å². The van der Waals surface area contributed by atoms with E-state index in [2.05, 4.69) is 10.3 Å². The number of nitrogens with one attached hydrogen (secondary N) is 1. The Bertz CT molecular complexity index is 1080. The summed E-state index contributed by atoms with van der Waals surface area (Å²) in [7, 11) is 0. The molecule has 0 unspecified atom stereocenters. The fourth-order valence-corrected chi connectivity index (χ4v) is 3.69. The number of aromatic hydroxyl groups is 1. The van der Waals surface area contributed by atoms with Crippen LogP contribution in [0.2, 0.25) is 0 Å². The standard InChI is InChI=1S/C19H18F2N4O5/c1-9-3-5-30-13-8-24-7-11(15(26)16(27)14(24)19(29)25(9)13)18(28)23-6-10-12(20)2-4-22-17(10)21/h2,4,7,9,13,27H,3,5-6,8H2,1H3,(H,23,28)/t9-,13+/m1/s1. The molecule has 2 amide bonds. The van der Waals surface area contributed by atoms with E-state index in [1.807, 2.05) is 6.92 Å². The zero-order chi connectivity index (χ0) is 21.6. The number of ether oxygens (including phenoxy) is 1. The van der Waals surface area contributed by atoms with Crippen LogP contribution >= 0.6 is 0 Å². The molecule has 0 saturated carbocycles. The Hall–Kier alpha value is -3.34. The van der Waals surface area contributed by atoms with Crippen LogP contribution in [0.5, 0.6) is 5.75 Å². The van der Waals surface area contributed by atoms with Crippen molar-refractivity contribution in [2.75, 3.05) is 6.61 Å². The highest BCUT2D eigenvalue weighted by Gasteiger charge is 2.41. The summed E-state index contributed by atoms with van der Waals surface area (Å²) in [5.74, 6) is -4.38. The molecule has 2 aliphatic heterocycles. The molecule has 2 atom stereocenters. The molecule has 2 N–H and O–H groups in total. The molecule has 0 aromatic carbocycles. The Balaban J connectivity index is 1.65. The van der Waals surface area contributed by atoms with Crippen molar-refractivity contribution in [3.8, 4) is 5.75 Å². The van der Waals surface area contributed by atoms with Crippen LogP contribution in [0, 0.1) is 11.8 Å². The monoisotopic (exact) mass is 420 g/mol. The Kier molecular flexibility index (Phi) is 4.98. The first-order chi connectivity index (χ1) is 14.3. The van der Waals surface area contributed by atoms with Crippen LogP contribution in [0.1, 0.15) is 39.8 Å². The fourth-order valence-electron chi connectivity index (χ4n) is 3.69. The van der Waals surface area contributed by atoms with Gasteiger partial charge in [-0.25, -0.2) is 9.37 Å². The van der Waals surface area contributed by atoms with Gasteiger partial charge in [-0.15, -0.1) is 0 Å². The van der Waals surface area contributed by atoms with Crippen LogP contribution in [0.4, 0.5) is 8.78 Å². The van der Waals surface area contributed by atoms with E-state index < -0.39 is 58.7 Å². The van der Waals surface area contributed by atoms with Crippen molar-refractivity contribution in [1.82, 2.24) is 19.8 Å². The van der Waals surface area contributed by atoms with Gasteiger partial charge in [0.05, 0.1) is 25.3 Å². The highest BCUT2D eigenvalue weighted by atomic mass is 19.1. The number of carbonyl (C=O) groups is 2. The summed E-state index contributed by atoms with van der Waals surface area (Å²) in [4.78, 5) is 42.6. The summed E-state index contributed by atoms with van der Waals surface area (Å²) in [5, 5.41) is 12.6. The molecule has 1 saturated heterocycles. The maximum absolute atomic E-state index is 13.7. The SMILES string of the molecule is C[C@@H]1CCO[C@H]2Cn3cc(C(=O)NCc4c(F)ccnc4F)c(=O)c(O)c3C(=O)N12. The molecule has 0 aliphatic carbocycles. The molecular formula is C19H18F2N4O5. The molecule has 30 heavy (non-hydrogen) atoms. The van der Waals surface area contributed by atoms with Gasteiger partial charge >= 0.3 is 0 Å². The lowest BCUT2D eigenvalue weighted by atomic mass is 10.1. The predicted molar refractivity (Wildman–Crippen MR) is 97.7 cm³/mol. The van der Waals surface area contributed by atoms with E-state index in [0.717, 1.165) is 18.5 Å². The van der Waals surface area contributed by atoms with Gasteiger partial charge in [-0.2, -0.15) is 4.39 Å². The van der Waals surface area contributed by atoms with Crippen LogP contribution in [0.15, 0.2) is 23.3 Å². The van der Waals surface area contributed by atoms with Gasteiger partial charge in [0.1, 0.15) is 11.4 Å². The highest BCUT2D eigenvalue weighted by Crippen LogP contribution is 2.29. The second-order valence-corrected chi connectivity index (χ2v) is 7.14. The van der Waals surface area contributed by atoms with E-state index in [-0.39, 0.29) is 18.3 Å². The summed E-state index contributed by atoms with van der Waals surface area (Å²) in [6.07, 6.45) is 2.11. The van der Waals surface area contributed by atoms with E-state index >= 15 is 0 Å². The first-order valence-corrected chi connectivity index (χ1v) is 9.27. The minimum atomic E-state index is -1.09. The summed E-state index contributed by atoms with van der Waals surface area (Å²) in [5.41, 5.74) is -2.22. The molecular weight excluding hydrogens is 402 g/mol. The lowest BCUT2D eigenvalue weighted by molar-refractivity contribution is -0.112. The molecule has 2 aromatic rings. The average Bonchev–Trinajstić information content (AvgIpc) is 2.70. The smallest absolute Gasteiger partial charge is 0.276 e. The van der Waals surface area contributed by atoms with E-state index in [1.54, 1.807) is 0 Å². The fraction of sp³-hybridized carbons (Fsp3) is 0.368. The second-order valence-electron chi connectivity index (χ2n) is 7.14. The molecule has 0 spiro atoms. The highest BCUT2D eigenvalue weighted by molar-refractivity contribution is 5.99. The Morgan fingerprint density at radius 3 is 2.90 bits per heavy atom. The van der Waals surface area contributed by atoms with Gasteiger partial charge in [0, 0.05) is 18.4 Å². The summed E-state index contributed by atoms with van der Waals surface area (Å²) in [6.45, 7) is 1.86. The predicted octanol–water partition coefficient (Wildman–Crippen LogP) is 0.748. The Morgan fingerprint density at radius 1 is 1.40 bits per heavy atom. The molecule has 1 fully saturated rings. The molecule has 0 bridgehead atoms. The van der Waals surface area contributed by atoms with Crippen molar-refractivity contribution in [2.24, 2.45) is 0 Å². The van der Waals surface area contributed by atoms with Crippen molar-refractivity contribution >= 4 is 11.8 Å². The minimum Gasteiger partial charge on any atom is -0.503 e. The lowest BCUT2D eigenvalue weighted by Gasteiger charge is -2.44. The Morgan fingerprint density at radius 2 is 2.17 bits per heavy atom. The number of pyridine rings is 2. The van der Waals surface area contributed by atoms with E-state index in [4.69, 9.17) is 4.74 Å². The van der Waals surface area contributed by atoms with E-state index in [9.17, 15) is 28.3 Å². The maximum atomic E-state index is 13.7. The number of amides is 2. The van der Waals surface area contributed by atoms with Crippen molar-refractivity contribution in [3.63, 3.8) is 0 Å². The molecule has 11 heteroatoms. The molecule has 158 valence electrons. The summed E-state index contributed by atoms with van der Waals surface area (Å²) >= 11 is 0. The molecule has 2 aliphatic rings. The third-order valence-electron chi connectivity index (χ3n) is 5.29. The van der Waals surface area contributed by atoms with Gasteiger partial charge in [0.2, 0.25) is 11.4 Å². The minimum absolute atomic E-state index is 0.116. The van der Waals surface area contributed by atoms with Crippen LogP contribution in [-0.2, 0) is 17.8 Å². The number of fused-ring (bicyclic) bond motifs is 2. The second kappa shape index (κ2) is 7.48. The average molecular weight is 420 g/mol. The first kappa shape index (κ1) is 20.0. The van der Waals surface area contributed by atoms with Gasteiger partial charge in [0.25, 0.3) is 11.8 Å². The van der Waals surface area contributed by atoms with E-state index in [0.29, 0.717) is 13.0 Å². The number of rotatable bonds is 3. The third kappa shape index (κ3) is 3.20.